The maximum Gasteiger partial charge on any atom is 0.239 e. The lowest BCUT2D eigenvalue weighted by Crippen LogP contribution is -2.40. The van der Waals surface area contributed by atoms with Crippen LogP contribution in [0.25, 0.3) is 0 Å². The highest BCUT2D eigenvalue weighted by atomic mass is 32.1. The third-order valence-corrected chi connectivity index (χ3v) is 2.69. The molecule has 1 heterocycles. The number of nitrogens with one attached hydrogen (secondary N) is 1. The topological polar surface area (TPSA) is 71.2 Å². The van der Waals surface area contributed by atoms with Crippen LogP contribution in [0.4, 0.5) is 5.82 Å². The minimum Gasteiger partial charge on any atom is -0.388 e. The number of carbonyl (C=O) groups is 1. The molecule has 5 nitrogen and oxygen atoms in total. The number of rotatable bonds is 6. The quantitative estimate of drug-likeness (QED) is 0.763. The fraction of sp³-hybridized carbons (Fsp3) is 0.462. The molecule has 1 aromatic rings. The Bertz CT molecular complexity index is 462. The predicted octanol–water partition coefficient (Wildman–Crippen LogP) is 1.07. The summed E-state index contributed by atoms with van der Waals surface area (Å²) in [6, 6.07) is 5.56. The van der Waals surface area contributed by atoms with Crippen molar-refractivity contribution < 1.29 is 4.79 Å². The van der Waals surface area contributed by atoms with Crippen LogP contribution in [0.3, 0.4) is 0 Å². The molecule has 0 saturated heterocycles. The Hall–Kier alpha value is -1.69. The molecule has 0 bridgehead atoms. The second kappa shape index (κ2) is 7.04. The third kappa shape index (κ3) is 4.82. The van der Waals surface area contributed by atoms with Crippen LogP contribution in [0.15, 0.2) is 18.2 Å². The fourth-order valence-corrected chi connectivity index (χ4v) is 1.75. The Labute approximate surface area is 119 Å². The van der Waals surface area contributed by atoms with E-state index in [1.807, 2.05) is 37.8 Å². The van der Waals surface area contributed by atoms with Crippen molar-refractivity contribution in [1.82, 2.24) is 10.3 Å². The lowest BCUT2D eigenvalue weighted by atomic mass is 10.3. The van der Waals surface area contributed by atoms with Crippen molar-refractivity contribution in [2.75, 3.05) is 18.0 Å². The van der Waals surface area contributed by atoms with Crippen LogP contribution >= 0.6 is 12.2 Å². The highest BCUT2D eigenvalue weighted by Crippen LogP contribution is 2.11. The van der Waals surface area contributed by atoms with Gasteiger partial charge >= 0.3 is 0 Å². The summed E-state index contributed by atoms with van der Waals surface area (Å²) in [5.41, 5.74) is 6.13. The molecule has 104 valence electrons. The molecule has 19 heavy (non-hydrogen) atoms. The molecule has 3 N–H and O–H groups in total. The molecule has 0 aliphatic heterocycles. The van der Waals surface area contributed by atoms with E-state index in [-0.39, 0.29) is 23.5 Å². The third-order valence-electron chi connectivity index (χ3n) is 2.48. The van der Waals surface area contributed by atoms with Gasteiger partial charge in [-0.3, -0.25) is 4.79 Å². The normalized spacial score (nSPS) is 10.3. The van der Waals surface area contributed by atoms with Gasteiger partial charge in [-0.1, -0.05) is 18.3 Å². The number of thiocarbonyl (C=S) groups is 1. The second-order valence-electron chi connectivity index (χ2n) is 4.48. The SMILES string of the molecule is CCN(CC(=O)NC(C)C)c1cccc(C(N)=S)n1. The molecule has 0 atom stereocenters. The average molecular weight is 280 g/mol. The van der Waals surface area contributed by atoms with Gasteiger partial charge in [0.1, 0.15) is 10.8 Å². The lowest BCUT2D eigenvalue weighted by Gasteiger charge is -2.22. The molecular formula is C13H20N4OS. The Morgan fingerprint density at radius 1 is 1.53 bits per heavy atom. The highest BCUT2D eigenvalue weighted by molar-refractivity contribution is 7.80. The van der Waals surface area contributed by atoms with E-state index in [1.54, 1.807) is 6.07 Å². The molecule has 0 aromatic carbocycles. The molecule has 0 spiro atoms. The van der Waals surface area contributed by atoms with E-state index in [1.165, 1.54) is 0 Å². The fourth-order valence-electron chi connectivity index (χ4n) is 1.63. The van der Waals surface area contributed by atoms with Crippen molar-refractivity contribution in [2.24, 2.45) is 5.73 Å². The van der Waals surface area contributed by atoms with Crippen molar-refractivity contribution in [3.63, 3.8) is 0 Å². The van der Waals surface area contributed by atoms with Crippen LogP contribution < -0.4 is 16.0 Å². The van der Waals surface area contributed by atoms with Crippen molar-refractivity contribution >= 4 is 28.9 Å². The van der Waals surface area contributed by atoms with Gasteiger partial charge in [-0.25, -0.2) is 4.98 Å². The van der Waals surface area contributed by atoms with Gasteiger partial charge in [0.2, 0.25) is 5.91 Å². The highest BCUT2D eigenvalue weighted by Gasteiger charge is 2.12. The summed E-state index contributed by atoms with van der Waals surface area (Å²) in [6.45, 7) is 6.78. The maximum atomic E-state index is 11.8. The summed E-state index contributed by atoms with van der Waals surface area (Å²) >= 11 is 4.91. The average Bonchev–Trinajstić information content (AvgIpc) is 2.35. The number of amides is 1. The molecule has 0 saturated carbocycles. The van der Waals surface area contributed by atoms with Crippen molar-refractivity contribution in [1.29, 1.82) is 0 Å². The Balaban J connectivity index is 2.82. The van der Waals surface area contributed by atoms with Crippen molar-refractivity contribution in [3.05, 3.63) is 23.9 Å². The van der Waals surface area contributed by atoms with Gasteiger partial charge in [0.15, 0.2) is 0 Å². The predicted molar refractivity (Wildman–Crippen MR) is 81.3 cm³/mol. The largest absolute Gasteiger partial charge is 0.388 e. The molecular weight excluding hydrogens is 260 g/mol. The first kappa shape index (κ1) is 15.4. The number of nitrogens with zero attached hydrogens (tertiary/aromatic N) is 2. The number of hydrogen-bond donors (Lipinski definition) is 2. The van der Waals surface area contributed by atoms with E-state index in [0.717, 1.165) is 0 Å². The van der Waals surface area contributed by atoms with Gasteiger partial charge in [-0.2, -0.15) is 0 Å². The Morgan fingerprint density at radius 3 is 2.74 bits per heavy atom. The summed E-state index contributed by atoms with van der Waals surface area (Å²) in [6.07, 6.45) is 0. The Morgan fingerprint density at radius 2 is 2.21 bits per heavy atom. The van der Waals surface area contributed by atoms with Gasteiger partial charge in [-0.05, 0) is 32.9 Å². The van der Waals surface area contributed by atoms with E-state index >= 15 is 0 Å². The number of pyridine rings is 1. The molecule has 1 rings (SSSR count). The van der Waals surface area contributed by atoms with Crippen LogP contribution in [0, 0.1) is 0 Å². The lowest BCUT2D eigenvalue weighted by molar-refractivity contribution is -0.120. The summed E-state index contributed by atoms with van der Waals surface area (Å²) in [5, 5.41) is 2.86. The van der Waals surface area contributed by atoms with E-state index in [9.17, 15) is 4.79 Å². The number of anilines is 1. The second-order valence-corrected chi connectivity index (χ2v) is 4.92. The molecule has 0 unspecified atom stereocenters. The monoisotopic (exact) mass is 280 g/mol. The van der Waals surface area contributed by atoms with Crippen LogP contribution in [0.5, 0.6) is 0 Å². The summed E-state index contributed by atoms with van der Waals surface area (Å²) < 4.78 is 0. The zero-order chi connectivity index (χ0) is 14.4. The van der Waals surface area contributed by atoms with Gasteiger partial charge in [0.05, 0.1) is 12.2 Å². The zero-order valence-corrected chi connectivity index (χ0v) is 12.3. The smallest absolute Gasteiger partial charge is 0.239 e. The van der Waals surface area contributed by atoms with Crippen LogP contribution in [-0.2, 0) is 4.79 Å². The minimum atomic E-state index is -0.0284. The van der Waals surface area contributed by atoms with Gasteiger partial charge in [-0.15, -0.1) is 0 Å². The molecule has 0 radical (unpaired) electrons. The van der Waals surface area contributed by atoms with E-state index in [0.29, 0.717) is 18.1 Å². The zero-order valence-electron chi connectivity index (χ0n) is 11.5. The summed E-state index contributed by atoms with van der Waals surface area (Å²) in [5.74, 6) is 0.672. The van der Waals surface area contributed by atoms with Crippen LogP contribution in [-0.4, -0.2) is 35.0 Å². The summed E-state index contributed by atoms with van der Waals surface area (Å²) in [7, 11) is 0. The minimum absolute atomic E-state index is 0.0284. The van der Waals surface area contributed by atoms with Crippen LogP contribution in [0.2, 0.25) is 0 Å². The van der Waals surface area contributed by atoms with Gasteiger partial charge < -0.3 is 16.0 Å². The number of carbonyl (C=O) groups excluding carboxylic acids is 1. The van der Waals surface area contributed by atoms with Crippen molar-refractivity contribution in [3.8, 4) is 0 Å². The van der Waals surface area contributed by atoms with Gasteiger partial charge in [0.25, 0.3) is 0 Å². The molecule has 0 aliphatic rings. The Kier molecular flexibility index (Phi) is 5.69. The molecule has 0 fully saturated rings. The molecule has 0 aliphatic carbocycles. The van der Waals surface area contributed by atoms with E-state index < -0.39 is 0 Å². The van der Waals surface area contributed by atoms with Crippen molar-refractivity contribution in [2.45, 2.75) is 26.8 Å². The number of likely N-dealkylation sites (N-methyl/N-ethyl adjacent to an activating group) is 1. The van der Waals surface area contributed by atoms with Crippen LogP contribution in [0.1, 0.15) is 26.5 Å². The molecule has 1 amide bonds. The number of aromatic nitrogens is 1. The number of hydrogen-bond acceptors (Lipinski definition) is 4. The summed E-state index contributed by atoms with van der Waals surface area (Å²) in [4.78, 5) is 18.3. The first-order chi connectivity index (χ1) is 8.93. The standard InChI is InChI=1S/C13H20N4OS/c1-4-17(8-12(18)15-9(2)3)11-7-5-6-10(16-11)13(14)19/h5-7,9H,4,8H2,1-3H3,(H2,14,19)(H,15,18). The maximum absolute atomic E-state index is 11.8. The number of nitrogens with two attached hydrogens (primary N) is 1. The molecule has 1 aromatic heterocycles. The van der Waals surface area contributed by atoms with Gasteiger partial charge in [0, 0.05) is 12.6 Å². The first-order valence-electron chi connectivity index (χ1n) is 6.25. The van der Waals surface area contributed by atoms with E-state index in [4.69, 9.17) is 18.0 Å². The first-order valence-corrected chi connectivity index (χ1v) is 6.66. The van der Waals surface area contributed by atoms with E-state index in [2.05, 4.69) is 10.3 Å². The molecule has 6 heteroatoms.